The number of nitrogens with one attached hydrogen (secondary N) is 1. The van der Waals surface area contributed by atoms with E-state index in [1.54, 1.807) is 22.0 Å². The van der Waals surface area contributed by atoms with Crippen LogP contribution in [-0.4, -0.2) is 104 Å². The smallest absolute Gasteiger partial charge is 0.313 e. The second kappa shape index (κ2) is 17.7. The van der Waals surface area contributed by atoms with Gasteiger partial charge in [0.25, 0.3) is 5.91 Å². The molecule has 0 saturated carbocycles. The lowest BCUT2D eigenvalue weighted by Crippen LogP contribution is -2.55. The molecular weight excluding hydrogens is 688 g/mol. The minimum atomic E-state index is -1.45. The zero-order chi connectivity index (χ0) is 38.2. The Morgan fingerprint density at radius 3 is 2.39 bits per heavy atom. The number of likely N-dealkylation sites (tertiary alicyclic amines) is 1. The van der Waals surface area contributed by atoms with Crippen LogP contribution >= 0.6 is 0 Å². The Hall–Kier alpha value is -4.52. The Morgan fingerprint density at radius 2 is 1.69 bits per heavy atom. The molecule has 2 aromatic rings. The first-order valence-electron chi connectivity index (χ1n) is 19.4. The molecule has 12 heteroatoms. The number of carbonyl (C=O) groups is 4. The normalized spacial score (nSPS) is 29.0. The van der Waals surface area contributed by atoms with E-state index in [0.29, 0.717) is 37.1 Å². The minimum Gasteiger partial charge on any atom is -0.455 e. The molecule has 7 atom stereocenters. The third-order valence-electron chi connectivity index (χ3n) is 11.2. The highest BCUT2D eigenvalue weighted by Gasteiger charge is 2.71. The van der Waals surface area contributed by atoms with E-state index in [1.807, 2.05) is 66.7 Å². The van der Waals surface area contributed by atoms with Gasteiger partial charge >= 0.3 is 5.97 Å². The summed E-state index contributed by atoms with van der Waals surface area (Å²) in [5, 5.41) is 12.3. The van der Waals surface area contributed by atoms with Gasteiger partial charge in [0.05, 0.1) is 24.7 Å². The van der Waals surface area contributed by atoms with Crippen LogP contribution in [0.1, 0.15) is 64.0 Å². The van der Waals surface area contributed by atoms with Crippen LogP contribution in [-0.2, 0) is 33.4 Å². The van der Waals surface area contributed by atoms with Gasteiger partial charge < -0.3 is 39.3 Å². The predicted octanol–water partition coefficient (Wildman–Crippen LogP) is 4.33. The lowest BCUT2D eigenvalue weighted by Gasteiger charge is -2.35. The second-order valence-corrected chi connectivity index (χ2v) is 14.4. The molecule has 0 radical (unpaired) electrons. The second-order valence-electron chi connectivity index (χ2n) is 14.4. The van der Waals surface area contributed by atoms with E-state index in [9.17, 15) is 24.3 Å². The van der Waals surface area contributed by atoms with E-state index in [-0.39, 0.29) is 43.9 Å². The molecule has 2 aromatic carbocycles. The monoisotopic (exact) mass is 742 g/mol. The number of rotatable bonds is 13. The fourth-order valence-corrected chi connectivity index (χ4v) is 8.54. The Balaban J connectivity index is 1.40. The number of ether oxygens (including phenoxy) is 3. The van der Waals surface area contributed by atoms with Crippen LogP contribution in [0.3, 0.4) is 0 Å². The average molecular weight is 743 g/mol. The van der Waals surface area contributed by atoms with E-state index in [2.05, 4.69) is 24.1 Å². The highest BCUT2D eigenvalue weighted by Crippen LogP contribution is 2.53. The molecule has 0 bridgehead atoms. The topological polar surface area (TPSA) is 138 Å². The van der Waals surface area contributed by atoms with Gasteiger partial charge in [-0.3, -0.25) is 19.2 Å². The van der Waals surface area contributed by atoms with Gasteiger partial charge in [-0.1, -0.05) is 67.5 Å². The van der Waals surface area contributed by atoms with E-state index < -0.39 is 47.7 Å². The van der Waals surface area contributed by atoms with Crippen molar-refractivity contribution in [3.63, 3.8) is 0 Å². The number of nitrogens with zero attached hydrogens (tertiary/aromatic N) is 3. The number of cyclic esters (lactones) is 1. The van der Waals surface area contributed by atoms with Crippen LogP contribution in [0.25, 0.3) is 0 Å². The van der Waals surface area contributed by atoms with Crippen molar-refractivity contribution in [2.24, 2.45) is 11.8 Å². The number of allylic oxidation sites excluding steroid dienone is 1. The molecule has 2 fully saturated rings. The summed E-state index contributed by atoms with van der Waals surface area (Å²) in [4.78, 5) is 63.2. The summed E-state index contributed by atoms with van der Waals surface area (Å²) in [5.74, 6) is -3.59. The van der Waals surface area contributed by atoms with Gasteiger partial charge in [0, 0.05) is 57.7 Å². The first kappa shape index (κ1) is 39.2. The average Bonchev–Trinajstić information content (AvgIpc) is 3.56. The van der Waals surface area contributed by atoms with Gasteiger partial charge in [-0.25, -0.2) is 0 Å². The van der Waals surface area contributed by atoms with Crippen LogP contribution in [0.15, 0.2) is 78.9 Å². The highest BCUT2D eigenvalue weighted by atomic mass is 16.6. The number of aliphatic hydroxyl groups excluding tert-OH is 1. The molecule has 0 aromatic heterocycles. The maximum atomic E-state index is 15.0. The Morgan fingerprint density at radius 1 is 0.944 bits per heavy atom. The van der Waals surface area contributed by atoms with Gasteiger partial charge in [-0.15, -0.1) is 0 Å². The van der Waals surface area contributed by atoms with Crippen molar-refractivity contribution in [3.05, 3.63) is 84.5 Å². The third-order valence-corrected chi connectivity index (χ3v) is 11.2. The van der Waals surface area contributed by atoms with Crippen LogP contribution in [0, 0.1) is 11.8 Å². The Bertz CT molecular complexity index is 1680. The van der Waals surface area contributed by atoms with Crippen molar-refractivity contribution in [1.82, 2.24) is 10.2 Å². The fraction of sp³-hybridized carbons (Fsp3) is 0.524. The van der Waals surface area contributed by atoms with Crippen LogP contribution in [0.2, 0.25) is 0 Å². The van der Waals surface area contributed by atoms with Crippen molar-refractivity contribution in [1.29, 1.82) is 0 Å². The summed E-state index contributed by atoms with van der Waals surface area (Å²) >= 11 is 0. The number of amides is 3. The molecule has 290 valence electrons. The zero-order valence-electron chi connectivity index (χ0n) is 31.6. The van der Waals surface area contributed by atoms with Crippen molar-refractivity contribution >= 4 is 35.1 Å². The van der Waals surface area contributed by atoms with E-state index in [0.717, 1.165) is 31.6 Å². The molecule has 2 saturated heterocycles. The molecule has 4 heterocycles. The molecule has 0 unspecified atom stereocenters. The largest absolute Gasteiger partial charge is 0.455 e. The van der Waals surface area contributed by atoms with E-state index in [4.69, 9.17) is 14.2 Å². The van der Waals surface area contributed by atoms with E-state index in [1.165, 1.54) is 7.11 Å². The maximum absolute atomic E-state index is 15.0. The van der Waals surface area contributed by atoms with E-state index >= 15 is 0 Å². The SMILES string of the molecule is CCN(CC)c1ccc(N2CC=C[C@]34O[C@@H]5/C=C\CCC(=O)N[C@H](COC)[C@@H](c6ccccc6)OC(=O)[C@@H]5[C@H]3C(=O)N(CCCCCCO)[C@@H]4C2=O)cc1. The lowest BCUT2D eigenvalue weighted by atomic mass is 9.77. The Labute approximate surface area is 318 Å². The zero-order valence-corrected chi connectivity index (χ0v) is 31.6. The summed E-state index contributed by atoms with van der Waals surface area (Å²) < 4.78 is 18.8. The van der Waals surface area contributed by atoms with Crippen LogP contribution < -0.4 is 15.1 Å². The van der Waals surface area contributed by atoms with Gasteiger partial charge in [0.2, 0.25) is 11.8 Å². The molecule has 12 nitrogen and oxygen atoms in total. The molecular formula is C42H54N4O8. The molecule has 4 aliphatic rings. The predicted molar refractivity (Wildman–Crippen MR) is 205 cm³/mol. The number of benzene rings is 2. The summed E-state index contributed by atoms with van der Waals surface area (Å²) in [6.45, 7) is 6.63. The van der Waals surface area contributed by atoms with Crippen molar-refractivity contribution in [2.75, 3.05) is 56.3 Å². The molecule has 2 N–H and O–H groups in total. The van der Waals surface area contributed by atoms with Gasteiger partial charge in [-0.2, -0.15) is 0 Å². The number of anilines is 2. The molecule has 54 heavy (non-hydrogen) atoms. The number of hydrogen-bond acceptors (Lipinski definition) is 9. The van der Waals surface area contributed by atoms with Crippen LogP contribution in [0.5, 0.6) is 0 Å². The van der Waals surface area contributed by atoms with Gasteiger partial charge in [0.15, 0.2) is 0 Å². The van der Waals surface area contributed by atoms with Crippen molar-refractivity contribution in [2.45, 2.75) is 82.3 Å². The quantitative estimate of drug-likeness (QED) is 0.175. The van der Waals surface area contributed by atoms with Gasteiger partial charge in [-0.05, 0) is 62.9 Å². The number of aliphatic hydroxyl groups is 1. The molecule has 6 rings (SSSR count). The molecule has 0 aliphatic carbocycles. The molecule has 1 spiro atoms. The number of esters is 1. The van der Waals surface area contributed by atoms with Crippen LogP contribution in [0.4, 0.5) is 11.4 Å². The lowest BCUT2D eigenvalue weighted by molar-refractivity contribution is -0.162. The first-order valence-corrected chi connectivity index (χ1v) is 19.4. The minimum absolute atomic E-state index is 0.0837. The first-order chi connectivity index (χ1) is 26.3. The number of methoxy groups -OCH3 is 1. The van der Waals surface area contributed by atoms with Crippen molar-refractivity contribution < 1.29 is 38.5 Å². The number of unbranched alkanes of at least 4 members (excludes halogenated alkanes) is 3. The summed E-state index contributed by atoms with van der Waals surface area (Å²) in [6, 6.07) is 15.3. The summed E-state index contributed by atoms with van der Waals surface area (Å²) in [6.07, 6.45) is 8.82. The molecule has 3 amide bonds. The number of carbonyl (C=O) groups excluding carboxylic acids is 4. The summed E-state index contributed by atoms with van der Waals surface area (Å²) in [7, 11) is 1.52. The highest BCUT2D eigenvalue weighted by molar-refractivity contribution is 6.05. The third kappa shape index (κ3) is 7.83. The fourth-order valence-electron chi connectivity index (χ4n) is 8.54. The summed E-state index contributed by atoms with van der Waals surface area (Å²) in [5.41, 5.74) is 0.970. The Kier molecular flexibility index (Phi) is 12.9. The number of hydrogen-bond donors (Lipinski definition) is 2. The molecule has 4 aliphatic heterocycles. The number of fused-ring (bicyclic) bond motifs is 2. The van der Waals surface area contributed by atoms with Crippen molar-refractivity contribution in [3.8, 4) is 0 Å². The standard InChI is InChI=1S/C42H54N4O8/c1-4-44(5-2)30-20-22-31(23-21-30)45-26-15-24-42-36(39(49)46(38(42)40(45)50)25-13-6-7-14-27-47)35-33(54-42)18-11-12-19-34(48)43-32(28-52-3)37(53-41(35)51)29-16-9-8-10-17-29/h8-11,15-18,20-24,32-33,35-38,47H,4-7,12-14,19,25-28H2,1-3H3,(H,43,48)/b18-11-/t32-,33-,35+,36+,37-,38-,42+/m1/s1. The maximum Gasteiger partial charge on any atom is 0.313 e. The van der Waals surface area contributed by atoms with Gasteiger partial charge in [0.1, 0.15) is 23.7 Å².